The molecule has 1 spiro atoms. The van der Waals surface area contributed by atoms with Crippen molar-refractivity contribution in [1.82, 2.24) is 10.2 Å². The van der Waals surface area contributed by atoms with E-state index in [0.717, 1.165) is 5.56 Å². The standard InChI is InChI=1S/C14H16N2O3.C3H8/c17-12-6-14(9-15-14)11(13(18)19)8-16(12)7-10-4-2-1-3-5-10;1-3-2/h1-5,11,15H,6-9H2,(H,18,19);3H2,1-2H3. The van der Waals surface area contributed by atoms with E-state index in [4.69, 9.17) is 0 Å². The third kappa shape index (κ3) is 3.65. The van der Waals surface area contributed by atoms with Crippen molar-refractivity contribution in [1.29, 1.82) is 0 Å². The lowest BCUT2D eigenvalue weighted by molar-refractivity contribution is -0.149. The number of carbonyl (C=O) groups is 2. The van der Waals surface area contributed by atoms with E-state index < -0.39 is 17.4 Å². The van der Waals surface area contributed by atoms with Crippen LogP contribution in [-0.2, 0) is 16.1 Å². The van der Waals surface area contributed by atoms with Gasteiger partial charge in [-0.25, -0.2) is 0 Å². The maximum Gasteiger partial charge on any atom is 0.310 e. The number of carboxylic acid groups (broad SMARTS) is 1. The van der Waals surface area contributed by atoms with E-state index in [1.54, 1.807) is 4.90 Å². The summed E-state index contributed by atoms with van der Waals surface area (Å²) in [6.45, 7) is 5.66. The number of carbonyl (C=O) groups excluding carboxylic acids is 1. The fourth-order valence-electron chi connectivity index (χ4n) is 2.76. The van der Waals surface area contributed by atoms with Crippen LogP contribution < -0.4 is 5.32 Å². The highest BCUT2D eigenvalue weighted by atomic mass is 16.4. The number of amides is 1. The van der Waals surface area contributed by atoms with Gasteiger partial charge in [-0.3, -0.25) is 9.59 Å². The quantitative estimate of drug-likeness (QED) is 0.836. The highest BCUT2D eigenvalue weighted by Gasteiger charge is 2.57. The van der Waals surface area contributed by atoms with Crippen molar-refractivity contribution in [2.24, 2.45) is 5.92 Å². The first-order chi connectivity index (χ1) is 10.5. The molecular weight excluding hydrogens is 280 g/mol. The molecule has 5 nitrogen and oxygen atoms in total. The first-order valence-corrected chi connectivity index (χ1v) is 7.82. The molecular formula is C17H24N2O3. The number of rotatable bonds is 3. The molecule has 2 aliphatic rings. The minimum absolute atomic E-state index is 0.0337. The molecule has 3 rings (SSSR count). The van der Waals surface area contributed by atoms with E-state index in [1.165, 1.54) is 6.42 Å². The Morgan fingerprint density at radius 2 is 1.95 bits per heavy atom. The number of piperidine rings is 1. The van der Waals surface area contributed by atoms with Crippen molar-refractivity contribution in [3.63, 3.8) is 0 Å². The van der Waals surface area contributed by atoms with Crippen molar-refractivity contribution >= 4 is 11.9 Å². The zero-order valence-corrected chi connectivity index (χ0v) is 13.2. The summed E-state index contributed by atoms with van der Waals surface area (Å²) in [6.07, 6.45) is 1.54. The lowest BCUT2D eigenvalue weighted by atomic mass is 9.84. The van der Waals surface area contributed by atoms with Gasteiger partial charge >= 0.3 is 5.97 Å². The summed E-state index contributed by atoms with van der Waals surface area (Å²) in [5, 5.41) is 12.4. The first-order valence-electron chi connectivity index (χ1n) is 7.82. The van der Waals surface area contributed by atoms with Crippen molar-refractivity contribution in [2.75, 3.05) is 13.1 Å². The van der Waals surface area contributed by atoms with Gasteiger partial charge in [0, 0.05) is 26.1 Å². The fraction of sp³-hybridized carbons (Fsp3) is 0.529. The monoisotopic (exact) mass is 304 g/mol. The van der Waals surface area contributed by atoms with Gasteiger partial charge in [-0.2, -0.15) is 0 Å². The van der Waals surface area contributed by atoms with Crippen molar-refractivity contribution in [3.8, 4) is 0 Å². The average molecular weight is 304 g/mol. The van der Waals surface area contributed by atoms with Gasteiger partial charge in [0.25, 0.3) is 0 Å². The normalized spacial score (nSPS) is 26.4. The second-order valence-electron chi connectivity index (χ2n) is 6.04. The van der Waals surface area contributed by atoms with Crippen LogP contribution >= 0.6 is 0 Å². The molecule has 2 N–H and O–H groups in total. The van der Waals surface area contributed by atoms with Crippen molar-refractivity contribution < 1.29 is 14.7 Å². The van der Waals surface area contributed by atoms with Crippen molar-refractivity contribution in [3.05, 3.63) is 35.9 Å². The SMILES string of the molecule is CCC.O=C(O)C1CN(Cc2ccccc2)C(=O)CC12CN2. The zero-order chi connectivity index (χ0) is 16.2. The molecule has 22 heavy (non-hydrogen) atoms. The van der Waals surface area contributed by atoms with Gasteiger partial charge in [0.1, 0.15) is 0 Å². The molecule has 2 unspecified atom stereocenters. The number of nitrogens with zero attached hydrogens (tertiary/aromatic N) is 1. The Morgan fingerprint density at radius 3 is 2.45 bits per heavy atom. The minimum atomic E-state index is -0.824. The molecule has 0 saturated carbocycles. The zero-order valence-electron chi connectivity index (χ0n) is 13.2. The van der Waals surface area contributed by atoms with Crippen LogP contribution in [-0.4, -0.2) is 40.5 Å². The lowest BCUT2D eigenvalue weighted by Gasteiger charge is -2.35. The maximum atomic E-state index is 12.1. The number of hydrogen-bond donors (Lipinski definition) is 2. The van der Waals surface area contributed by atoms with Crippen LogP contribution in [0, 0.1) is 5.92 Å². The third-order valence-corrected chi connectivity index (χ3v) is 4.03. The van der Waals surface area contributed by atoms with Crippen LogP contribution in [0.5, 0.6) is 0 Å². The molecule has 2 atom stereocenters. The maximum absolute atomic E-state index is 12.1. The summed E-state index contributed by atoms with van der Waals surface area (Å²) in [5.41, 5.74) is 0.551. The topological polar surface area (TPSA) is 79.5 Å². The molecule has 1 aromatic carbocycles. The second kappa shape index (κ2) is 6.92. The van der Waals surface area contributed by atoms with Gasteiger partial charge in [-0.05, 0) is 5.56 Å². The molecule has 0 aromatic heterocycles. The van der Waals surface area contributed by atoms with E-state index in [2.05, 4.69) is 19.2 Å². The van der Waals surface area contributed by atoms with Gasteiger partial charge in [-0.1, -0.05) is 50.6 Å². The molecule has 120 valence electrons. The molecule has 2 fully saturated rings. The average Bonchev–Trinajstić information content (AvgIpc) is 3.23. The van der Waals surface area contributed by atoms with Gasteiger partial charge in [0.15, 0.2) is 0 Å². The van der Waals surface area contributed by atoms with Gasteiger partial charge in [-0.15, -0.1) is 0 Å². The Balaban J connectivity index is 0.000000545. The van der Waals surface area contributed by atoms with E-state index in [0.29, 0.717) is 13.1 Å². The summed E-state index contributed by atoms with van der Waals surface area (Å²) in [5.74, 6) is -1.30. The van der Waals surface area contributed by atoms with Gasteiger partial charge in [0.05, 0.1) is 11.5 Å². The number of hydrogen-bond acceptors (Lipinski definition) is 3. The number of benzene rings is 1. The van der Waals surface area contributed by atoms with Crippen LogP contribution in [0.2, 0.25) is 0 Å². The third-order valence-electron chi connectivity index (χ3n) is 4.03. The molecule has 0 aliphatic carbocycles. The predicted octanol–water partition coefficient (Wildman–Crippen LogP) is 1.88. The Labute approximate surface area is 131 Å². The van der Waals surface area contributed by atoms with Crippen LogP contribution in [0.1, 0.15) is 32.3 Å². The Morgan fingerprint density at radius 1 is 1.36 bits per heavy atom. The number of likely N-dealkylation sites (tertiary alicyclic amines) is 1. The van der Waals surface area contributed by atoms with E-state index in [9.17, 15) is 14.7 Å². The molecule has 5 heteroatoms. The summed E-state index contributed by atoms with van der Waals surface area (Å²) < 4.78 is 0. The number of aliphatic carboxylic acids is 1. The number of nitrogens with one attached hydrogen (secondary N) is 1. The van der Waals surface area contributed by atoms with Crippen LogP contribution in [0.25, 0.3) is 0 Å². The Hall–Kier alpha value is -1.88. The smallest absolute Gasteiger partial charge is 0.310 e. The minimum Gasteiger partial charge on any atom is -0.481 e. The number of carboxylic acids is 1. The van der Waals surface area contributed by atoms with Crippen LogP contribution in [0.3, 0.4) is 0 Å². The molecule has 2 saturated heterocycles. The van der Waals surface area contributed by atoms with Crippen LogP contribution in [0.4, 0.5) is 0 Å². The van der Waals surface area contributed by atoms with Crippen molar-refractivity contribution in [2.45, 2.75) is 38.8 Å². The van der Waals surface area contributed by atoms with Gasteiger partial charge < -0.3 is 15.3 Å². The predicted molar refractivity (Wildman–Crippen MR) is 84.3 cm³/mol. The molecule has 0 bridgehead atoms. The Bertz CT molecular complexity index is 526. The largest absolute Gasteiger partial charge is 0.481 e. The lowest BCUT2D eigenvalue weighted by Crippen LogP contribution is -2.52. The van der Waals surface area contributed by atoms with E-state index >= 15 is 0 Å². The van der Waals surface area contributed by atoms with Crippen LogP contribution in [0.15, 0.2) is 30.3 Å². The molecule has 1 aromatic rings. The summed E-state index contributed by atoms with van der Waals surface area (Å²) in [7, 11) is 0. The molecule has 1 amide bonds. The highest BCUT2D eigenvalue weighted by molar-refractivity contribution is 5.84. The van der Waals surface area contributed by atoms with Gasteiger partial charge in [0.2, 0.25) is 5.91 Å². The fourth-order valence-corrected chi connectivity index (χ4v) is 2.76. The van der Waals surface area contributed by atoms with E-state index in [1.807, 2.05) is 30.3 Å². The highest BCUT2D eigenvalue weighted by Crippen LogP contribution is 2.37. The van der Waals surface area contributed by atoms with E-state index in [-0.39, 0.29) is 18.9 Å². The summed E-state index contributed by atoms with van der Waals surface area (Å²) in [4.78, 5) is 25.1. The summed E-state index contributed by atoms with van der Waals surface area (Å²) >= 11 is 0. The molecule has 2 heterocycles. The first kappa shape index (κ1) is 16.5. The molecule has 2 aliphatic heterocycles. The second-order valence-corrected chi connectivity index (χ2v) is 6.04. The molecule has 0 radical (unpaired) electrons. The summed E-state index contributed by atoms with van der Waals surface area (Å²) in [6, 6.07) is 9.65. The Kier molecular flexibility index (Phi) is 5.19.